The normalized spacial score (nSPS) is 9.88. The largest absolute Gasteiger partial charge is 0.493 e. The van der Waals surface area contributed by atoms with E-state index >= 15 is 0 Å². The van der Waals surface area contributed by atoms with Crippen molar-refractivity contribution >= 4 is 6.29 Å². The summed E-state index contributed by atoms with van der Waals surface area (Å²) in [6.45, 7) is 0.590. The van der Waals surface area contributed by atoms with Crippen LogP contribution in [-0.2, 0) is 6.42 Å². The summed E-state index contributed by atoms with van der Waals surface area (Å²) in [5.74, 6) is 0.726. The molecule has 2 aromatic rings. The number of aromatic nitrogens is 1. The highest BCUT2D eigenvalue weighted by molar-refractivity contribution is 5.75. The fourth-order valence-corrected chi connectivity index (χ4v) is 1.51. The maximum atomic E-state index is 10.6. The minimum atomic E-state index is 0.590. The number of rotatable bonds is 5. The van der Waals surface area contributed by atoms with E-state index in [-0.39, 0.29) is 0 Å². The van der Waals surface area contributed by atoms with Gasteiger partial charge in [-0.25, -0.2) is 0 Å². The van der Waals surface area contributed by atoms with Crippen molar-refractivity contribution in [3.8, 4) is 5.75 Å². The number of nitrogens with zero attached hydrogens (tertiary/aromatic N) is 1. The smallest absolute Gasteiger partial charge is 0.150 e. The van der Waals surface area contributed by atoms with Gasteiger partial charge < -0.3 is 4.74 Å². The maximum Gasteiger partial charge on any atom is 0.150 e. The fourth-order valence-electron chi connectivity index (χ4n) is 1.51. The van der Waals surface area contributed by atoms with Crippen LogP contribution in [0.15, 0.2) is 48.8 Å². The van der Waals surface area contributed by atoms with Crippen molar-refractivity contribution in [2.75, 3.05) is 6.61 Å². The molecule has 86 valence electrons. The van der Waals surface area contributed by atoms with Crippen LogP contribution >= 0.6 is 0 Å². The van der Waals surface area contributed by atoms with Gasteiger partial charge in [0.05, 0.1) is 6.61 Å². The van der Waals surface area contributed by atoms with E-state index in [0.717, 1.165) is 18.5 Å². The highest BCUT2D eigenvalue weighted by Crippen LogP contribution is 2.12. The minimum Gasteiger partial charge on any atom is -0.493 e. The Morgan fingerprint density at radius 3 is 2.76 bits per heavy atom. The van der Waals surface area contributed by atoms with E-state index in [0.29, 0.717) is 12.2 Å². The molecule has 0 amide bonds. The predicted molar refractivity (Wildman–Crippen MR) is 65.3 cm³/mol. The first-order valence-electron chi connectivity index (χ1n) is 5.45. The quantitative estimate of drug-likeness (QED) is 0.737. The van der Waals surface area contributed by atoms with Gasteiger partial charge in [0.15, 0.2) is 0 Å². The van der Waals surface area contributed by atoms with E-state index in [2.05, 4.69) is 4.98 Å². The summed E-state index contributed by atoms with van der Waals surface area (Å²) in [5, 5.41) is 0. The van der Waals surface area contributed by atoms with Crippen molar-refractivity contribution < 1.29 is 9.53 Å². The summed E-state index contributed by atoms with van der Waals surface area (Å²) in [4.78, 5) is 14.5. The maximum absolute atomic E-state index is 10.6. The molecule has 17 heavy (non-hydrogen) atoms. The molecule has 3 heteroatoms. The first-order valence-corrected chi connectivity index (χ1v) is 5.45. The predicted octanol–water partition coefficient (Wildman–Crippen LogP) is 2.52. The molecule has 0 saturated carbocycles. The molecule has 0 radical (unpaired) electrons. The molecular weight excluding hydrogens is 214 g/mol. The molecule has 1 heterocycles. The van der Waals surface area contributed by atoms with Gasteiger partial charge in [0.1, 0.15) is 12.0 Å². The number of carbonyl (C=O) groups is 1. The zero-order valence-electron chi connectivity index (χ0n) is 9.37. The summed E-state index contributed by atoms with van der Waals surface area (Å²) >= 11 is 0. The Hall–Kier alpha value is -2.16. The second-order valence-corrected chi connectivity index (χ2v) is 3.64. The third-order valence-electron chi connectivity index (χ3n) is 2.40. The molecule has 1 aromatic heterocycles. The molecule has 0 aliphatic carbocycles. The lowest BCUT2D eigenvalue weighted by atomic mass is 10.2. The van der Waals surface area contributed by atoms with Crippen LogP contribution in [0, 0.1) is 0 Å². The van der Waals surface area contributed by atoms with E-state index in [1.807, 2.05) is 24.3 Å². The Labute approximate surface area is 100 Å². The molecule has 0 spiro atoms. The lowest BCUT2D eigenvalue weighted by molar-refractivity contribution is 0.112. The number of benzene rings is 1. The molecule has 0 aliphatic heterocycles. The molecule has 0 atom stereocenters. The van der Waals surface area contributed by atoms with Gasteiger partial charge in [-0.05, 0) is 29.8 Å². The Morgan fingerprint density at radius 1 is 1.18 bits per heavy atom. The summed E-state index contributed by atoms with van der Waals surface area (Å²) in [5.41, 5.74) is 1.82. The summed E-state index contributed by atoms with van der Waals surface area (Å²) < 4.78 is 5.57. The van der Waals surface area contributed by atoms with Crippen LogP contribution in [0.25, 0.3) is 0 Å². The number of ether oxygens (including phenoxy) is 1. The van der Waals surface area contributed by atoms with Crippen LogP contribution in [-0.4, -0.2) is 17.9 Å². The van der Waals surface area contributed by atoms with Crippen LogP contribution in [0.1, 0.15) is 15.9 Å². The molecule has 2 rings (SSSR count). The van der Waals surface area contributed by atoms with Crippen molar-refractivity contribution in [3.63, 3.8) is 0 Å². The van der Waals surface area contributed by atoms with Crippen molar-refractivity contribution in [1.82, 2.24) is 4.98 Å². The van der Waals surface area contributed by atoms with Gasteiger partial charge in [-0.15, -0.1) is 0 Å². The topological polar surface area (TPSA) is 39.2 Å². The second-order valence-electron chi connectivity index (χ2n) is 3.64. The van der Waals surface area contributed by atoms with Crippen molar-refractivity contribution in [1.29, 1.82) is 0 Å². The van der Waals surface area contributed by atoms with E-state index in [1.165, 1.54) is 5.56 Å². The van der Waals surface area contributed by atoms with E-state index in [1.54, 1.807) is 24.5 Å². The Bertz CT molecular complexity index is 483. The van der Waals surface area contributed by atoms with Crippen LogP contribution in [0.3, 0.4) is 0 Å². The molecular formula is C14H13NO2. The molecule has 0 fully saturated rings. The van der Waals surface area contributed by atoms with Gasteiger partial charge in [0.25, 0.3) is 0 Å². The van der Waals surface area contributed by atoms with E-state index in [4.69, 9.17) is 4.74 Å². The second kappa shape index (κ2) is 5.80. The van der Waals surface area contributed by atoms with Gasteiger partial charge >= 0.3 is 0 Å². The zero-order chi connectivity index (χ0) is 11.9. The van der Waals surface area contributed by atoms with Crippen LogP contribution in [0.2, 0.25) is 0 Å². The third kappa shape index (κ3) is 3.41. The summed E-state index contributed by atoms with van der Waals surface area (Å²) in [7, 11) is 0. The van der Waals surface area contributed by atoms with Crippen LogP contribution < -0.4 is 4.74 Å². The Kier molecular flexibility index (Phi) is 3.86. The molecule has 0 N–H and O–H groups in total. The van der Waals surface area contributed by atoms with Crippen LogP contribution in [0.4, 0.5) is 0 Å². The molecule has 0 unspecified atom stereocenters. The first-order chi connectivity index (χ1) is 8.38. The SMILES string of the molecule is O=Cc1cccc(OCCc2ccncc2)c1. The highest BCUT2D eigenvalue weighted by Gasteiger charge is 1.97. The Balaban J connectivity index is 1.88. The highest BCUT2D eigenvalue weighted by atomic mass is 16.5. The van der Waals surface area contributed by atoms with E-state index in [9.17, 15) is 4.79 Å². The van der Waals surface area contributed by atoms with Crippen molar-refractivity contribution in [2.24, 2.45) is 0 Å². The van der Waals surface area contributed by atoms with Crippen molar-refractivity contribution in [3.05, 3.63) is 59.9 Å². The summed E-state index contributed by atoms with van der Waals surface area (Å²) in [6.07, 6.45) is 5.17. The number of hydrogen-bond acceptors (Lipinski definition) is 3. The van der Waals surface area contributed by atoms with Gasteiger partial charge in [-0.2, -0.15) is 0 Å². The van der Waals surface area contributed by atoms with Gasteiger partial charge in [0, 0.05) is 24.4 Å². The molecule has 0 bridgehead atoms. The average molecular weight is 227 g/mol. The molecule has 1 aromatic carbocycles. The van der Waals surface area contributed by atoms with Crippen molar-refractivity contribution in [2.45, 2.75) is 6.42 Å². The monoisotopic (exact) mass is 227 g/mol. The first kappa shape index (κ1) is 11.3. The number of carbonyl (C=O) groups excluding carboxylic acids is 1. The average Bonchev–Trinajstić information content (AvgIpc) is 2.40. The van der Waals surface area contributed by atoms with Gasteiger partial charge in [-0.3, -0.25) is 9.78 Å². The minimum absolute atomic E-state index is 0.590. The Morgan fingerprint density at radius 2 is 2.00 bits per heavy atom. The molecule has 0 saturated heterocycles. The molecule has 0 aliphatic rings. The van der Waals surface area contributed by atoms with Crippen LogP contribution in [0.5, 0.6) is 5.75 Å². The van der Waals surface area contributed by atoms with E-state index < -0.39 is 0 Å². The van der Waals surface area contributed by atoms with Gasteiger partial charge in [0.2, 0.25) is 0 Å². The lowest BCUT2D eigenvalue weighted by Crippen LogP contribution is -2.01. The third-order valence-corrected chi connectivity index (χ3v) is 2.40. The summed E-state index contributed by atoms with van der Waals surface area (Å²) in [6, 6.07) is 11.1. The fraction of sp³-hybridized carbons (Fsp3) is 0.143. The zero-order valence-corrected chi connectivity index (χ0v) is 9.37. The standard InChI is InChI=1S/C14H13NO2/c16-11-13-2-1-3-14(10-13)17-9-6-12-4-7-15-8-5-12/h1-5,7-8,10-11H,6,9H2. The molecule has 3 nitrogen and oxygen atoms in total. The number of aldehydes is 1. The number of pyridine rings is 1. The van der Waals surface area contributed by atoms with Gasteiger partial charge in [-0.1, -0.05) is 12.1 Å². The number of hydrogen-bond donors (Lipinski definition) is 0. The lowest BCUT2D eigenvalue weighted by Gasteiger charge is -2.06.